The Hall–Kier alpha value is -1.75. The highest BCUT2D eigenvalue weighted by Gasteiger charge is 2.28. The summed E-state index contributed by atoms with van der Waals surface area (Å²) in [5.74, 6) is -0.339. The number of hydrogen-bond donors (Lipinski definition) is 1. The molecule has 0 aromatic heterocycles. The lowest BCUT2D eigenvalue weighted by Crippen LogP contribution is -2.44. The van der Waals surface area contributed by atoms with Gasteiger partial charge in [0.1, 0.15) is 18.0 Å². The molecule has 116 valence electrons. The molecule has 1 heterocycles. The molecule has 4 heteroatoms. The van der Waals surface area contributed by atoms with E-state index >= 15 is 0 Å². The summed E-state index contributed by atoms with van der Waals surface area (Å²) < 4.78 is 19.0. The predicted octanol–water partition coefficient (Wildman–Crippen LogP) is 2.76. The second-order valence-corrected chi connectivity index (χ2v) is 5.63. The van der Waals surface area contributed by atoms with Crippen LogP contribution in [0.25, 0.3) is 0 Å². The molecule has 2 atom stereocenters. The number of nitrogens with zero attached hydrogens (tertiary/aromatic N) is 1. The fourth-order valence-corrected chi connectivity index (χ4v) is 2.81. The van der Waals surface area contributed by atoms with Crippen LogP contribution in [0.2, 0.25) is 0 Å². The van der Waals surface area contributed by atoms with Gasteiger partial charge in [-0.2, -0.15) is 0 Å². The number of rotatable bonds is 4. The molecule has 22 heavy (non-hydrogen) atoms. The largest absolute Gasteiger partial charge is 0.386 e. The minimum Gasteiger partial charge on any atom is -0.386 e. The van der Waals surface area contributed by atoms with Crippen molar-refractivity contribution in [3.8, 4) is 0 Å². The van der Waals surface area contributed by atoms with Crippen LogP contribution in [-0.4, -0.2) is 35.8 Å². The highest BCUT2D eigenvalue weighted by atomic mass is 19.1. The van der Waals surface area contributed by atoms with Crippen molar-refractivity contribution >= 4 is 0 Å². The summed E-state index contributed by atoms with van der Waals surface area (Å²) in [5.41, 5.74) is 1.80. The van der Waals surface area contributed by atoms with E-state index in [2.05, 4.69) is 17.0 Å². The third-order valence-electron chi connectivity index (χ3n) is 3.97. The van der Waals surface area contributed by atoms with Crippen LogP contribution in [0.3, 0.4) is 0 Å². The molecule has 3 nitrogen and oxygen atoms in total. The predicted molar refractivity (Wildman–Crippen MR) is 82.8 cm³/mol. The molecule has 0 aliphatic carbocycles. The van der Waals surface area contributed by atoms with Crippen LogP contribution in [0.5, 0.6) is 0 Å². The first-order chi connectivity index (χ1) is 10.7. The van der Waals surface area contributed by atoms with Crippen LogP contribution in [-0.2, 0) is 11.3 Å². The van der Waals surface area contributed by atoms with E-state index in [-0.39, 0.29) is 11.9 Å². The first-order valence-corrected chi connectivity index (χ1v) is 7.54. The van der Waals surface area contributed by atoms with Gasteiger partial charge in [0, 0.05) is 19.6 Å². The van der Waals surface area contributed by atoms with E-state index in [0.717, 1.165) is 13.1 Å². The minimum absolute atomic E-state index is 0.334. The van der Waals surface area contributed by atoms with Gasteiger partial charge in [0.05, 0.1) is 6.61 Å². The normalized spacial score (nSPS) is 20.7. The maximum absolute atomic E-state index is 13.3. The van der Waals surface area contributed by atoms with Crippen molar-refractivity contribution in [1.29, 1.82) is 0 Å². The summed E-state index contributed by atoms with van der Waals surface area (Å²) in [5, 5.41) is 10.4. The van der Waals surface area contributed by atoms with Gasteiger partial charge in [-0.15, -0.1) is 0 Å². The van der Waals surface area contributed by atoms with Crippen molar-refractivity contribution in [1.82, 2.24) is 4.90 Å². The zero-order chi connectivity index (χ0) is 15.4. The van der Waals surface area contributed by atoms with Crippen molar-refractivity contribution in [3.63, 3.8) is 0 Å². The third-order valence-corrected chi connectivity index (χ3v) is 3.97. The fraction of sp³-hybridized carbons (Fsp3) is 0.333. The molecule has 2 aromatic carbocycles. The van der Waals surface area contributed by atoms with Crippen molar-refractivity contribution in [3.05, 3.63) is 71.5 Å². The Kier molecular flexibility index (Phi) is 4.83. The summed E-state index contributed by atoms with van der Waals surface area (Å²) >= 11 is 0. The number of hydrogen-bond acceptors (Lipinski definition) is 3. The molecule has 1 N–H and O–H groups in total. The highest BCUT2D eigenvalue weighted by Crippen LogP contribution is 2.23. The zero-order valence-electron chi connectivity index (χ0n) is 12.4. The van der Waals surface area contributed by atoms with Crippen LogP contribution < -0.4 is 0 Å². The smallest absolute Gasteiger partial charge is 0.123 e. The van der Waals surface area contributed by atoms with E-state index in [9.17, 15) is 9.50 Å². The van der Waals surface area contributed by atoms with Gasteiger partial charge < -0.3 is 9.84 Å². The quantitative estimate of drug-likeness (QED) is 0.942. The monoisotopic (exact) mass is 301 g/mol. The summed E-state index contributed by atoms with van der Waals surface area (Å²) in [6.07, 6.45) is -1.14. The van der Waals surface area contributed by atoms with Gasteiger partial charge in [-0.25, -0.2) is 4.39 Å². The first-order valence-electron chi connectivity index (χ1n) is 7.54. The lowest BCUT2D eigenvalue weighted by atomic mass is 10.0. The Balaban J connectivity index is 1.65. The zero-order valence-corrected chi connectivity index (χ0v) is 12.4. The molecule has 3 rings (SSSR count). The number of aliphatic hydroxyl groups excluding tert-OH is 1. The first kappa shape index (κ1) is 15.2. The van der Waals surface area contributed by atoms with E-state index in [1.54, 1.807) is 12.1 Å². The molecule has 1 fully saturated rings. The standard InChI is InChI=1S/C18H20FNO2/c19-16-8-4-7-15(11-16)18(21)17-13-20(9-10-22-17)12-14-5-2-1-3-6-14/h1-8,11,17-18,21H,9-10,12-13H2/t17-,18?/m0/s1. The average molecular weight is 301 g/mol. The number of morpholine rings is 1. The fourth-order valence-electron chi connectivity index (χ4n) is 2.81. The van der Waals surface area contributed by atoms with Crippen molar-refractivity contribution < 1.29 is 14.2 Å². The maximum atomic E-state index is 13.3. The van der Waals surface area contributed by atoms with Crippen LogP contribution in [0.15, 0.2) is 54.6 Å². The van der Waals surface area contributed by atoms with Crippen LogP contribution in [0.1, 0.15) is 17.2 Å². The molecule has 1 saturated heterocycles. The van der Waals surface area contributed by atoms with Crippen molar-refractivity contribution in [2.24, 2.45) is 0 Å². The molecule has 0 bridgehead atoms. The van der Waals surface area contributed by atoms with E-state index in [0.29, 0.717) is 18.7 Å². The van der Waals surface area contributed by atoms with Crippen LogP contribution in [0, 0.1) is 5.82 Å². The highest BCUT2D eigenvalue weighted by molar-refractivity contribution is 5.20. The summed E-state index contributed by atoms with van der Waals surface area (Å²) in [6.45, 7) is 2.87. The molecule has 0 saturated carbocycles. The van der Waals surface area contributed by atoms with E-state index in [1.165, 1.54) is 17.7 Å². The van der Waals surface area contributed by atoms with Crippen LogP contribution in [0.4, 0.5) is 4.39 Å². The Morgan fingerprint density at radius 3 is 2.77 bits per heavy atom. The van der Waals surface area contributed by atoms with Gasteiger partial charge in [0.15, 0.2) is 0 Å². The Bertz CT molecular complexity index is 605. The second kappa shape index (κ2) is 7.01. The van der Waals surface area contributed by atoms with Gasteiger partial charge in [-0.05, 0) is 23.3 Å². The molecule has 1 aliphatic rings. The van der Waals surface area contributed by atoms with Crippen molar-refractivity contribution in [2.75, 3.05) is 19.7 Å². The molecule has 0 spiro atoms. The molecule has 0 amide bonds. The molecular formula is C18H20FNO2. The molecule has 1 unspecified atom stereocenters. The molecule has 2 aromatic rings. The third kappa shape index (κ3) is 3.71. The van der Waals surface area contributed by atoms with Gasteiger partial charge in [-0.3, -0.25) is 4.90 Å². The summed E-state index contributed by atoms with van der Waals surface area (Å²) in [4.78, 5) is 2.26. The van der Waals surface area contributed by atoms with E-state index in [4.69, 9.17) is 4.74 Å². The lowest BCUT2D eigenvalue weighted by Gasteiger charge is -2.35. The van der Waals surface area contributed by atoms with Gasteiger partial charge in [0.2, 0.25) is 0 Å². The second-order valence-electron chi connectivity index (χ2n) is 5.63. The van der Waals surface area contributed by atoms with Gasteiger partial charge >= 0.3 is 0 Å². The minimum atomic E-state index is -0.811. The van der Waals surface area contributed by atoms with Gasteiger partial charge in [0.25, 0.3) is 0 Å². The van der Waals surface area contributed by atoms with Gasteiger partial charge in [-0.1, -0.05) is 42.5 Å². The topological polar surface area (TPSA) is 32.7 Å². The molecular weight excluding hydrogens is 281 g/mol. The Morgan fingerprint density at radius 2 is 2.00 bits per heavy atom. The lowest BCUT2D eigenvalue weighted by molar-refractivity contribution is -0.0919. The number of aliphatic hydroxyl groups is 1. The SMILES string of the molecule is OC(c1cccc(F)c1)[C@@H]1CN(Cc2ccccc2)CCO1. The Morgan fingerprint density at radius 1 is 1.18 bits per heavy atom. The maximum Gasteiger partial charge on any atom is 0.123 e. The van der Waals surface area contributed by atoms with Crippen LogP contribution >= 0.6 is 0 Å². The van der Waals surface area contributed by atoms with Crippen molar-refractivity contribution in [2.45, 2.75) is 18.8 Å². The summed E-state index contributed by atoms with van der Waals surface area (Å²) in [6, 6.07) is 16.3. The van der Waals surface area contributed by atoms with E-state index in [1.807, 2.05) is 18.2 Å². The summed E-state index contributed by atoms with van der Waals surface area (Å²) in [7, 11) is 0. The average Bonchev–Trinajstić information content (AvgIpc) is 2.55. The molecule has 1 aliphatic heterocycles. The van der Waals surface area contributed by atoms with E-state index < -0.39 is 6.10 Å². The Labute approximate surface area is 130 Å². The number of ether oxygens (including phenoxy) is 1. The number of halogens is 1. The number of benzene rings is 2. The molecule has 0 radical (unpaired) electrons.